The van der Waals surface area contributed by atoms with Gasteiger partial charge in [0.15, 0.2) is 0 Å². The number of ether oxygens (including phenoxy) is 1. The molecule has 0 bridgehead atoms. The Morgan fingerprint density at radius 1 is 1.00 bits per heavy atom. The van der Waals surface area contributed by atoms with Crippen molar-refractivity contribution in [2.24, 2.45) is 11.8 Å². The quantitative estimate of drug-likeness (QED) is 0.773. The topological polar surface area (TPSA) is 29.5 Å². The van der Waals surface area contributed by atoms with E-state index in [1.807, 2.05) is 6.92 Å². The van der Waals surface area contributed by atoms with E-state index in [0.717, 1.165) is 36.9 Å². The van der Waals surface area contributed by atoms with E-state index in [9.17, 15) is 5.11 Å². The molecule has 2 aliphatic carbocycles. The van der Waals surface area contributed by atoms with Crippen molar-refractivity contribution in [3.8, 4) is 0 Å². The lowest BCUT2D eigenvalue weighted by Gasteiger charge is -2.36. The molecule has 0 atom stereocenters. The summed E-state index contributed by atoms with van der Waals surface area (Å²) in [5.41, 5.74) is 1.12. The van der Waals surface area contributed by atoms with Crippen LogP contribution in [0.25, 0.3) is 0 Å². The van der Waals surface area contributed by atoms with Gasteiger partial charge in [-0.1, -0.05) is 12.2 Å². The molecule has 1 N–H and O–H groups in total. The third-order valence-electron chi connectivity index (χ3n) is 4.69. The van der Waals surface area contributed by atoms with Crippen LogP contribution in [-0.4, -0.2) is 23.9 Å². The van der Waals surface area contributed by atoms with E-state index in [-0.39, 0.29) is 6.10 Å². The van der Waals surface area contributed by atoms with Crippen molar-refractivity contribution in [2.75, 3.05) is 6.61 Å². The normalized spacial score (nSPS) is 37.4. The zero-order chi connectivity index (χ0) is 13.0. The van der Waals surface area contributed by atoms with Crippen LogP contribution < -0.4 is 0 Å². The number of hydrogen-bond donors (Lipinski definition) is 1. The molecular weight excluding hydrogens is 224 g/mol. The maximum atomic E-state index is 9.56. The number of rotatable bonds is 4. The molecule has 0 aromatic carbocycles. The maximum absolute atomic E-state index is 9.56. The first-order valence-corrected chi connectivity index (χ1v) is 7.59. The Labute approximate surface area is 111 Å². The average molecular weight is 252 g/mol. The molecule has 0 amide bonds. The van der Waals surface area contributed by atoms with E-state index in [1.165, 1.54) is 38.5 Å². The molecule has 0 aliphatic heterocycles. The zero-order valence-corrected chi connectivity index (χ0v) is 11.7. The molecule has 0 aromatic heterocycles. The van der Waals surface area contributed by atoms with Gasteiger partial charge >= 0.3 is 0 Å². The Hall–Kier alpha value is -0.340. The molecule has 0 spiro atoms. The molecular formula is C16H28O2. The highest BCUT2D eigenvalue weighted by Crippen LogP contribution is 2.38. The summed E-state index contributed by atoms with van der Waals surface area (Å²) in [6.07, 6.45) is 10.1. The molecule has 2 saturated carbocycles. The van der Waals surface area contributed by atoms with Crippen molar-refractivity contribution in [1.29, 1.82) is 0 Å². The number of hydrogen-bond acceptors (Lipinski definition) is 2. The Morgan fingerprint density at radius 3 is 2.00 bits per heavy atom. The van der Waals surface area contributed by atoms with Crippen LogP contribution in [0.15, 0.2) is 12.2 Å². The molecule has 0 heterocycles. The van der Waals surface area contributed by atoms with E-state index in [4.69, 9.17) is 4.74 Å². The molecule has 0 saturated heterocycles. The van der Waals surface area contributed by atoms with Gasteiger partial charge in [0.25, 0.3) is 0 Å². The van der Waals surface area contributed by atoms with Crippen molar-refractivity contribution in [1.82, 2.24) is 0 Å². The van der Waals surface area contributed by atoms with Gasteiger partial charge in [0, 0.05) is 0 Å². The molecule has 2 rings (SSSR count). The summed E-state index contributed by atoms with van der Waals surface area (Å²) in [5, 5.41) is 9.56. The van der Waals surface area contributed by atoms with Gasteiger partial charge in [0.1, 0.15) is 0 Å². The fourth-order valence-electron chi connectivity index (χ4n) is 3.56. The first-order chi connectivity index (χ1) is 8.65. The maximum Gasteiger partial charge on any atom is 0.0675 e. The van der Waals surface area contributed by atoms with Gasteiger partial charge in [-0.2, -0.15) is 0 Å². The van der Waals surface area contributed by atoms with Crippen LogP contribution in [0.5, 0.6) is 0 Å². The predicted octanol–water partition coefficient (Wildman–Crippen LogP) is 3.69. The van der Waals surface area contributed by atoms with Crippen LogP contribution in [0.1, 0.15) is 58.3 Å². The summed E-state index contributed by atoms with van der Waals surface area (Å²) in [6, 6.07) is 0. The Balaban J connectivity index is 1.68. The van der Waals surface area contributed by atoms with E-state index >= 15 is 0 Å². The van der Waals surface area contributed by atoms with Crippen LogP contribution in [-0.2, 0) is 4.74 Å². The highest BCUT2D eigenvalue weighted by molar-refractivity contribution is 4.88. The second kappa shape index (κ2) is 6.72. The van der Waals surface area contributed by atoms with Gasteiger partial charge in [-0.15, -0.1) is 0 Å². The van der Waals surface area contributed by atoms with Gasteiger partial charge in [0.2, 0.25) is 0 Å². The minimum absolute atomic E-state index is 0.0171. The van der Waals surface area contributed by atoms with Crippen LogP contribution in [0.4, 0.5) is 0 Å². The second-order valence-corrected chi connectivity index (χ2v) is 6.37. The Kier molecular flexibility index (Phi) is 5.25. The summed E-state index contributed by atoms with van der Waals surface area (Å²) in [6.45, 7) is 6.64. The highest BCUT2D eigenvalue weighted by Gasteiger charge is 2.30. The van der Waals surface area contributed by atoms with Crippen molar-refractivity contribution in [2.45, 2.75) is 70.5 Å². The summed E-state index contributed by atoms with van der Waals surface area (Å²) in [5.74, 6) is 1.76. The van der Waals surface area contributed by atoms with E-state index in [1.54, 1.807) is 0 Å². The van der Waals surface area contributed by atoms with Crippen molar-refractivity contribution in [3.05, 3.63) is 12.2 Å². The third-order valence-corrected chi connectivity index (χ3v) is 4.69. The van der Waals surface area contributed by atoms with Crippen LogP contribution in [0.3, 0.4) is 0 Å². The summed E-state index contributed by atoms with van der Waals surface area (Å²) in [4.78, 5) is 0. The smallest absolute Gasteiger partial charge is 0.0675 e. The standard InChI is InChI=1S/C16H28O2/c1-12(2)11-18-16-9-5-14(6-10-16)13-3-7-15(17)8-4-13/h13-17H,1,3-11H2,2H3. The minimum atomic E-state index is -0.0171. The SMILES string of the molecule is C=C(C)COC1CCC(C2CCC(O)CC2)CC1. The van der Waals surface area contributed by atoms with Gasteiger partial charge in [-0.25, -0.2) is 0 Å². The van der Waals surface area contributed by atoms with Crippen LogP contribution in [0.2, 0.25) is 0 Å². The van der Waals surface area contributed by atoms with Gasteiger partial charge < -0.3 is 9.84 Å². The zero-order valence-electron chi connectivity index (χ0n) is 11.7. The fourth-order valence-corrected chi connectivity index (χ4v) is 3.56. The van der Waals surface area contributed by atoms with Gasteiger partial charge in [-0.05, 0) is 70.1 Å². The van der Waals surface area contributed by atoms with E-state index in [2.05, 4.69) is 6.58 Å². The number of aliphatic hydroxyl groups excluding tert-OH is 1. The molecule has 2 aliphatic rings. The minimum Gasteiger partial charge on any atom is -0.393 e. The first-order valence-electron chi connectivity index (χ1n) is 7.59. The molecule has 2 heteroatoms. The van der Waals surface area contributed by atoms with Crippen molar-refractivity contribution < 1.29 is 9.84 Å². The molecule has 2 nitrogen and oxygen atoms in total. The summed E-state index contributed by atoms with van der Waals surface area (Å²) in [7, 11) is 0. The van der Waals surface area contributed by atoms with E-state index in [0.29, 0.717) is 6.10 Å². The monoisotopic (exact) mass is 252 g/mol. The van der Waals surface area contributed by atoms with Crippen LogP contribution >= 0.6 is 0 Å². The first kappa shape index (κ1) is 14.1. The molecule has 2 fully saturated rings. The lowest BCUT2D eigenvalue weighted by Crippen LogP contribution is -2.29. The molecule has 0 unspecified atom stereocenters. The molecule has 18 heavy (non-hydrogen) atoms. The Bertz CT molecular complexity index is 258. The van der Waals surface area contributed by atoms with Crippen molar-refractivity contribution in [3.63, 3.8) is 0 Å². The van der Waals surface area contributed by atoms with Gasteiger partial charge in [-0.3, -0.25) is 0 Å². The largest absolute Gasteiger partial charge is 0.393 e. The summed E-state index contributed by atoms with van der Waals surface area (Å²) < 4.78 is 5.86. The molecule has 0 radical (unpaired) electrons. The van der Waals surface area contributed by atoms with Gasteiger partial charge in [0.05, 0.1) is 18.8 Å². The summed E-state index contributed by atoms with van der Waals surface area (Å²) >= 11 is 0. The fraction of sp³-hybridized carbons (Fsp3) is 0.875. The third kappa shape index (κ3) is 4.10. The predicted molar refractivity (Wildman–Crippen MR) is 74.5 cm³/mol. The lowest BCUT2D eigenvalue weighted by molar-refractivity contribution is 0.0132. The highest BCUT2D eigenvalue weighted by atomic mass is 16.5. The van der Waals surface area contributed by atoms with E-state index < -0.39 is 0 Å². The average Bonchev–Trinajstić information content (AvgIpc) is 2.38. The van der Waals surface area contributed by atoms with Crippen molar-refractivity contribution >= 4 is 0 Å². The Morgan fingerprint density at radius 2 is 1.50 bits per heavy atom. The number of aliphatic hydroxyl groups is 1. The van der Waals surface area contributed by atoms with Crippen LogP contribution in [0, 0.1) is 11.8 Å². The lowest BCUT2D eigenvalue weighted by atomic mass is 9.72. The second-order valence-electron chi connectivity index (χ2n) is 6.37. The molecule has 104 valence electrons. The molecule has 0 aromatic rings.